The molecule has 0 aliphatic rings. The van der Waals surface area contributed by atoms with Gasteiger partial charge in [-0.05, 0) is 41.5 Å². The number of carbonyl (C=O) groups excluding carboxylic acids is 1. The summed E-state index contributed by atoms with van der Waals surface area (Å²) in [6.45, 7) is 0. The molecule has 0 aromatic heterocycles. The van der Waals surface area contributed by atoms with Gasteiger partial charge in [0.05, 0.1) is 0 Å². The van der Waals surface area contributed by atoms with Crippen molar-refractivity contribution >= 4 is 17.2 Å². The van der Waals surface area contributed by atoms with E-state index in [1.54, 1.807) is 24.3 Å². The first-order valence-electron chi connectivity index (χ1n) is 9.08. The lowest BCUT2D eigenvalue weighted by atomic mass is 9.89. The number of rotatable bonds is 4. The Bertz CT molecular complexity index is 1120. The molecular weight excluding hydrogens is 344 g/mol. The monoisotopic (exact) mass is 364 g/mol. The number of anilines is 2. The Kier molecular flexibility index (Phi) is 4.65. The Hall–Kier alpha value is -3.85. The van der Waals surface area contributed by atoms with Crippen LogP contribution in [0.2, 0.25) is 0 Å². The second-order valence-electron chi connectivity index (χ2n) is 6.63. The maximum atomic E-state index is 13.3. The molecule has 0 amide bonds. The van der Waals surface area contributed by atoms with Crippen LogP contribution in [0.1, 0.15) is 15.9 Å². The summed E-state index contributed by atoms with van der Waals surface area (Å²) in [6, 6.07) is 30.5. The molecule has 3 heteroatoms. The average molecular weight is 364 g/mol. The largest absolute Gasteiger partial charge is 0.399 e. The zero-order chi connectivity index (χ0) is 19.5. The molecule has 0 bridgehead atoms. The normalized spacial score (nSPS) is 10.6. The van der Waals surface area contributed by atoms with E-state index in [1.807, 2.05) is 72.8 Å². The maximum Gasteiger partial charge on any atom is 0.193 e. The van der Waals surface area contributed by atoms with Gasteiger partial charge in [0.25, 0.3) is 0 Å². The zero-order valence-electron chi connectivity index (χ0n) is 15.3. The van der Waals surface area contributed by atoms with E-state index in [-0.39, 0.29) is 5.78 Å². The lowest BCUT2D eigenvalue weighted by Crippen LogP contribution is -2.07. The minimum Gasteiger partial charge on any atom is -0.399 e. The summed E-state index contributed by atoms with van der Waals surface area (Å²) in [4.78, 5) is 13.3. The molecule has 4 aromatic carbocycles. The highest BCUT2D eigenvalue weighted by atomic mass is 16.1. The van der Waals surface area contributed by atoms with Crippen LogP contribution in [-0.2, 0) is 0 Å². The standard InChI is InChI=1S/C25H20N2O/c26-20-13-11-19(12-14-20)25(28)22-16-15-21(17-7-3-1-4-8-17)24(27)23(22)18-9-5-2-6-10-18/h1-16H,26-27H2. The summed E-state index contributed by atoms with van der Waals surface area (Å²) < 4.78 is 0. The fourth-order valence-corrected chi connectivity index (χ4v) is 3.38. The molecule has 0 fully saturated rings. The van der Waals surface area contributed by atoms with E-state index in [0.29, 0.717) is 22.5 Å². The number of carbonyl (C=O) groups is 1. The topological polar surface area (TPSA) is 69.1 Å². The first-order valence-corrected chi connectivity index (χ1v) is 9.08. The van der Waals surface area contributed by atoms with Crippen molar-refractivity contribution in [1.29, 1.82) is 0 Å². The Labute approximate surface area is 164 Å². The van der Waals surface area contributed by atoms with Crippen molar-refractivity contribution in [3.63, 3.8) is 0 Å². The van der Waals surface area contributed by atoms with Gasteiger partial charge >= 0.3 is 0 Å². The van der Waals surface area contributed by atoms with Crippen molar-refractivity contribution < 1.29 is 4.79 Å². The number of nitrogens with two attached hydrogens (primary N) is 2. The molecule has 0 unspecified atom stereocenters. The zero-order valence-corrected chi connectivity index (χ0v) is 15.3. The van der Waals surface area contributed by atoms with Crippen molar-refractivity contribution in [1.82, 2.24) is 0 Å². The van der Waals surface area contributed by atoms with E-state index in [1.165, 1.54) is 0 Å². The maximum absolute atomic E-state index is 13.3. The molecule has 0 saturated carbocycles. The van der Waals surface area contributed by atoms with Gasteiger partial charge in [0, 0.05) is 33.6 Å². The Morgan fingerprint density at radius 1 is 0.607 bits per heavy atom. The van der Waals surface area contributed by atoms with Gasteiger partial charge in [0.1, 0.15) is 0 Å². The van der Waals surface area contributed by atoms with Crippen molar-refractivity contribution in [3.8, 4) is 22.3 Å². The molecular formula is C25H20N2O. The molecule has 28 heavy (non-hydrogen) atoms. The minimum atomic E-state index is -0.0786. The lowest BCUT2D eigenvalue weighted by Gasteiger charge is -2.16. The summed E-state index contributed by atoms with van der Waals surface area (Å²) in [5.41, 5.74) is 18.4. The van der Waals surface area contributed by atoms with Crippen LogP contribution in [-0.4, -0.2) is 5.78 Å². The number of hydrogen-bond acceptors (Lipinski definition) is 3. The van der Waals surface area contributed by atoms with Crippen molar-refractivity contribution in [3.05, 3.63) is 108 Å². The van der Waals surface area contributed by atoms with Gasteiger partial charge in [0.2, 0.25) is 0 Å². The van der Waals surface area contributed by atoms with Crippen molar-refractivity contribution in [2.75, 3.05) is 11.5 Å². The molecule has 0 saturated heterocycles. The number of hydrogen-bond donors (Lipinski definition) is 2. The van der Waals surface area contributed by atoms with E-state index in [2.05, 4.69) is 0 Å². The molecule has 0 radical (unpaired) electrons. The number of benzene rings is 4. The van der Waals surface area contributed by atoms with Gasteiger partial charge in [-0.2, -0.15) is 0 Å². The lowest BCUT2D eigenvalue weighted by molar-refractivity contribution is 0.103. The molecule has 4 N–H and O–H groups in total. The van der Waals surface area contributed by atoms with Crippen molar-refractivity contribution in [2.24, 2.45) is 0 Å². The second kappa shape index (κ2) is 7.41. The third-order valence-electron chi connectivity index (χ3n) is 4.81. The van der Waals surface area contributed by atoms with E-state index in [4.69, 9.17) is 11.5 Å². The summed E-state index contributed by atoms with van der Waals surface area (Å²) in [7, 11) is 0. The van der Waals surface area contributed by atoms with Gasteiger partial charge in [-0.15, -0.1) is 0 Å². The van der Waals surface area contributed by atoms with Gasteiger partial charge in [-0.25, -0.2) is 0 Å². The van der Waals surface area contributed by atoms with Crippen LogP contribution in [0.3, 0.4) is 0 Å². The summed E-state index contributed by atoms with van der Waals surface area (Å²) in [5, 5.41) is 0. The quantitative estimate of drug-likeness (QED) is 0.375. The minimum absolute atomic E-state index is 0.0786. The molecule has 0 heterocycles. The highest BCUT2D eigenvalue weighted by molar-refractivity contribution is 6.15. The molecule has 4 rings (SSSR count). The smallest absolute Gasteiger partial charge is 0.193 e. The Morgan fingerprint density at radius 3 is 1.79 bits per heavy atom. The van der Waals surface area contributed by atoms with Crippen LogP contribution in [0, 0.1) is 0 Å². The first kappa shape index (κ1) is 17.6. The fourth-order valence-electron chi connectivity index (χ4n) is 3.38. The van der Waals surface area contributed by atoms with E-state index < -0.39 is 0 Å². The van der Waals surface area contributed by atoms with Gasteiger partial charge < -0.3 is 11.5 Å². The fraction of sp³-hybridized carbons (Fsp3) is 0. The van der Waals surface area contributed by atoms with E-state index in [0.717, 1.165) is 22.3 Å². The average Bonchev–Trinajstić information content (AvgIpc) is 2.75. The summed E-state index contributed by atoms with van der Waals surface area (Å²) in [6.07, 6.45) is 0. The summed E-state index contributed by atoms with van der Waals surface area (Å²) >= 11 is 0. The third-order valence-corrected chi connectivity index (χ3v) is 4.81. The predicted octanol–water partition coefficient (Wildman–Crippen LogP) is 5.42. The van der Waals surface area contributed by atoms with Crippen molar-refractivity contribution in [2.45, 2.75) is 0 Å². The molecule has 0 spiro atoms. The number of nitrogen functional groups attached to an aromatic ring is 2. The van der Waals surface area contributed by atoms with Crippen LogP contribution < -0.4 is 11.5 Å². The summed E-state index contributed by atoms with van der Waals surface area (Å²) in [5.74, 6) is -0.0786. The number of ketones is 1. The molecule has 3 nitrogen and oxygen atoms in total. The highest BCUT2D eigenvalue weighted by Crippen LogP contribution is 2.38. The first-order chi connectivity index (χ1) is 13.6. The second-order valence-corrected chi connectivity index (χ2v) is 6.63. The van der Waals surface area contributed by atoms with Gasteiger partial charge in [0.15, 0.2) is 5.78 Å². The van der Waals surface area contributed by atoms with E-state index >= 15 is 0 Å². The Morgan fingerprint density at radius 2 is 1.18 bits per heavy atom. The molecule has 136 valence electrons. The molecule has 0 atom stereocenters. The molecule has 0 aliphatic carbocycles. The van der Waals surface area contributed by atoms with Crippen LogP contribution in [0.4, 0.5) is 11.4 Å². The van der Waals surface area contributed by atoms with Gasteiger partial charge in [-0.3, -0.25) is 4.79 Å². The third kappa shape index (κ3) is 3.26. The molecule has 0 aliphatic heterocycles. The van der Waals surface area contributed by atoms with Crippen LogP contribution in [0.15, 0.2) is 97.1 Å². The van der Waals surface area contributed by atoms with Crippen LogP contribution in [0.25, 0.3) is 22.3 Å². The van der Waals surface area contributed by atoms with Crippen LogP contribution >= 0.6 is 0 Å². The Balaban J connectivity index is 1.93. The predicted molar refractivity (Wildman–Crippen MR) is 116 cm³/mol. The van der Waals surface area contributed by atoms with E-state index in [9.17, 15) is 4.79 Å². The van der Waals surface area contributed by atoms with Gasteiger partial charge in [-0.1, -0.05) is 66.7 Å². The highest BCUT2D eigenvalue weighted by Gasteiger charge is 2.19. The van der Waals surface area contributed by atoms with Crippen LogP contribution in [0.5, 0.6) is 0 Å². The SMILES string of the molecule is Nc1ccc(C(=O)c2ccc(-c3ccccc3)c(N)c2-c2ccccc2)cc1. The molecule has 4 aromatic rings.